The number of hydrogen-bond acceptors (Lipinski definition) is 6. The number of nitrogens with zero attached hydrogens (tertiary/aromatic N) is 4. The van der Waals surface area contributed by atoms with Crippen molar-refractivity contribution in [3.63, 3.8) is 0 Å². The molecule has 1 fully saturated rings. The van der Waals surface area contributed by atoms with Crippen LogP contribution in [0, 0.1) is 13.8 Å². The van der Waals surface area contributed by atoms with Crippen LogP contribution < -0.4 is 10.4 Å². The molecule has 0 spiro atoms. The van der Waals surface area contributed by atoms with Gasteiger partial charge in [-0.2, -0.15) is 4.31 Å². The van der Waals surface area contributed by atoms with E-state index in [0.717, 1.165) is 34.3 Å². The molecule has 3 heterocycles. The van der Waals surface area contributed by atoms with Crippen molar-refractivity contribution in [3.8, 4) is 0 Å². The number of hydrogen-bond donors (Lipinski definition) is 2. The van der Waals surface area contributed by atoms with Crippen LogP contribution in [0.3, 0.4) is 0 Å². The largest absolute Gasteiger partial charge is 0.355 e. The third kappa shape index (κ3) is 4.62. The van der Waals surface area contributed by atoms with E-state index in [1.54, 1.807) is 6.20 Å². The Labute approximate surface area is 188 Å². The van der Waals surface area contributed by atoms with Gasteiger partial charge in [-0.1, -0.05) is 12.1 Å². The highest BCUT2D eigenvalue weighted by molar-refractivity contribution is 7.88. The Morgan fingerprint density at radius 2 is 1.91 bits per heavy atom. The summed E-state index contributed by atoms with van der Waals surface area (Å²) in [5, 5.41) is 2.49. The molecule has 170 valence electrons. The lowest BCUT2D eigenvalue weighted by atomic mass is 10.1. The Morgan fingerprint density at radius 1 is 1.16 bits per heavy atom. The smallest absolute Gasteiger partial charge is 0.232 e. The number of sulfonamides is 1. The third-order valence-corrected chi connectivity index (χ3v) is 7.19. The quantitative estimate of drug-likeness (QED) is 0.418. The molecule has 4 rings (SSSR count). The lowest BCUT2D eigenvalue weighted by Crippen LogP contribution is -2.47. The zero-order valence-corrected chi connectivity index (χ0v) is 19.3. The predicted octanol–water partition coefficient (Wildman–Crippen LogP) is 2.25. The van der Waals surface area contributed by atoms with Crippen LogP contribution in [0.2, 0.25) is 0 Å². The van der Waals surface area contributed by atoms with Crippen molar-refractivity contribution in [2.24, 2.45) is 0 Å². The van der Waals surface area contributed by atoms with E-state index in [1.165, 1.54) is 15.6 Å². The lowest BCUT2D eigenvalue weighted by molar-refractivity contribution is -0.107. The van der Waals surface area contributed by atoms with E-state index >= 15 is 0 Å². The molecule has 2 N–H and O–H groups in total. The van der Waals surface area contributed by atoms with Crippen molar-refractivity contribution in [1.82, 2.24) is 19.2 Å². The number of anilines is 2. The molecule has 0 saturated carbocycles. The molecule has 0 atom stereocenters. The second-order valence-corrected chi connectivity index (χ2v) is 10.1. The Hall–Kier alpha value is -2.95. The van der Waals surface area contributed by atoms with Gasteiger partial charge in [0.2, 0.25) is 16.4 Å². The van der Waals surface area contributed by atoms with Gasteiger partial charge >= 0.3 is 0 Å². The number of fused-ring (bicyclic) bond motifs is 1. The summed E-state index contributed by atoms with van der Waals surface area (Å²) in [6.45, 7) is 7.01. The summed E-state index contributed by atoms with van der Waals surface area (Å²) < 4.78 is 25.0. The van der Waals surface area contributed by atoms with Crippen LogP contribution in [-0.4, -0.2) is 66.4 Å². The molecule has 2 aromatic heterocycles. The number of piperazine rings is 1. The molecular weight excluding hydrogens is 428 g/mol. The fourth-order valence-corrected chi connectivity index (χ4v) is 4.84. The number of hydrazine groups is 1. The first-order valence-electron chi connectivity index (χ1n) is 10.5. The molecule has 1 aliphatic heterocycles. The minimum atomic E-state index is -3.15. The summed E-state index contributed by atoms with van der Waals surface area (Å²) in [5.41, 5.74) is 8.48. The molecule has 9 nitrogen and oxygen atoms in total. The molecule has 0 unspecified atom stereocenters. The Kier molecular flexibility index (Phi) is 6.18. The number of nitrogens with one attached hydrogen (secondary N) is 2. The van der Waals surface area contributed by atoms with Gasteiger partial charge in [0.1, 0.15) is 0 Å². The molecule has 10 heteroatoms. The number of rotatable bonds is 7. The van der Waals surface area contributed by atoms with Gasteiger partial charge in [-0.25, -0.2) is 13.4 Å². The van der Waals surface area contributed by atoms with Gasteiger partial charge in [0.15, 0.2) is 0 Å². The number of para-hydroxylation sites is 1. The fourth-order valence-electron chi connectivity index (χ4n) is 4.01. The maximum Gasteiger partial charge on any atom is 0.232 e. The van der Waals surface area contributed by atoms with Crippen molar-refractivity contribution < 1.29 is 13.2 Å². The van der Waals surface area contributed by atoms with Gasteiger partial charge in [0.25, 0.3) is 0 Å². The van der Waals surface area contributed by atoms with Crippen LogP contribution in [-0.2, 0) is 21.4 Å². The number of aromatic amines is 1. The number of carbonyl (C=O) groups is 1. The zero-order valence-electron chi connectivity index (χ0n) is 18.5. The van der Waals surface area contributed by atoms with Gasteiger partial charge < -0.3 is 4.98 Å². The number of carbonyl (C=O) groups excluding carboxylic acids is 1. The summed E-state index contributed by atoms with van der Waals surface area (Å²) in [7, 11) is -3.15. The topological polar surface area (TPSA) is 102 Å². The highest BCUT2D eigenvalue weighted by atomic mass is 32.2. The van der Waals surface area contributed by atoms with Gasteiger partial charge in [0.05, 0.1) is 29.3 Å². The van der Waals surface area contributed by atoms with Crippen LogP contribution in [0.15, 0.2) is 36.5 Å². The SMILES string of the molecule is Cc1ccc(NN(C=O)c2cccc3c(C)c(CN4CCN(S(C)(=O)=O)CC4)[nH]c23)cn1. The summed E-state index contributed by atoms with van der Waals surface area (Å²) in [5.74, 6) is 0. The van der Waals surface area contributed by atoms with Gasteiger partial charge in [-0.15, -0.1) is 0 Å². The Bertz CT molecular complexity index is 1210. The number of pyridine rings is 1. The van der Waals surface area contributed by atoms with Crippen LogP contribution in [0.1, 0.15) is 17.0 Å². The minimum Gasteiger partial charge on any atom is -0.355 e. The van der Waals surface area contributed by atoms with E-state index in [-0.39, 0.29) is 0 Å². The van der Waals surface area contributed by atoms with E-state index in [4.69, 9.17) is 0 Å². The molecule has 0 aliphatic carbocycles. The average molecular weight is 457 g/mol. The first-order valence-corrected chi connectivity index (χ1v) is 12.3. The number of amides is 1. The highest BCUT2D eigenvalue weighted by Crippen LogP contribution is 2.31. The molecule has 0 radical (unpaired) electrons. The summed E-state index contributed by atoms with van der Waals surface area (Å²) in [6.07, 6.45) is 3.69. The van der Waals surface area contributed by atoms with Gasteiger partial charge in [0, 0.05) is 49.5 Å². The minimum absolute atomic E-state index is 0.497. The van der Waals surface area contributed by atoms with Crippen LogP contribution in [0.25, 0.3) is 10.9 Å². The molecule has 1 saturated heterocycles. The second-order valence-electron chi connectivity index (χ2n) is 8.14. The molecule has 32 heavy (non-hydrogen) atoms. The monoisotopic (exact) mass is 456 g/mol. The molecule has 1 amide bonds. The Balaban J connectivity index is 1.56. The summed E-state index contributed by atoms with van der Waals surface area (Å²) in [6, 6.07) is 9.60. The highest BCUT2D eigenvalue weighted by Gasteiger charge is 2.24. The molecule has 3 aromatic rings. The lowest BCUT2D eigenvalue weighted by Gasteiger charge is -2.33. The molecular formula is C22H28N6O3S. The van der Waals surface area contributed by atoms with Crippen molar-refractivity contribution in [3.05, 3.63) is 53.5 Å². The number of benzene rings is 1. The Morgan fingerprint density at radius 3 is 2.53 bits per heavy atom. The second kappa shape index (κ2) is 8.89. The first-order chi connectivity index (χ1) is 15.3. The van der Waals surface area contributed by atoms with Gasteiger partial charge in [-0.3, -0.25) is 20.1 Å². The van der Waals surface area contributed by atoms with E-state index < -0.39 is 10.0 Å². The normalized spacial score (nSPS) is 15.7. The summed E-state index contributed by atoms with van der Waals surface area (Å²) >= 11 is 0. The van der Waals surface area contributed by atoms with Crippen LogP contribution in [0.5, 0.6) is 0 Å². The maximum absolute atomic E-state index is 11.9. The van der Waals surface area contributed by atoms with Crippen LogP contribution >= 0.6 is 0 Å². The average Bonchev–Trinajstić information content (AvgIpc) is 3.09. The van der Waals surface area contributed by atoms with E-state index in [0.29, 0.717) is 44.1 Å². The maximum atomic E-state index is 11.9. The van der Waals surface area contributed by atoms with Crippen molar-refractivity contribution >= 4 is 38.7 Å². The first kappa shape index (κ1) is 22.3. The summed E-state index contributed by atoms with van der Waals surface area (Å²) in [4.78, 5) is 21.9. The molecule has 1 aromatic carbocycles. The standard InChI is InChI=1S/C22H28N6O3S/c1-16-7-8-18(13-23-16)25-28(15-29)21-6-4-5-19-17(2)20(24-22(19)21)14-26-9-11-27(12-10-26)32(3,30)31/h4-8,13,15,24-25H,9-12,14H2,1-3H3. The predicted molar refractivity (Wildman–Crippen MR) is 126 cm³/mol. The van der Waals surface area contributed by atoms with Crippen LogP contribution in [0.4, 0.5) is 11.4 Å². The zero-order chi connectivity index (χ0) is 22.9. The fraction of sp³-hybridized carbons (Fsp3) is 0.364. The molecule has 0 bridgehead atoms. The van der Waals surface area contributed by atoms with Crippen molar-refractivity contribution in [2.75, 3.05) is 42.9 Å². The van der Waals surface area contributed by atoms with E-state index in [9.17, 15) is 13.2 Å². The number of aryl methyl sites for hydroxylation is 2. The number of H-pyrrole nitrogens is 1. The number of aromatic nitrogens is 2. The van der Waals surface area contributed by atoms with E-state index in [1.807, 2.05) is 37.3 Å². The third-order valence-electron chi connectivity index (χ3n) is 5.88. The van der Waals surface area contributed by atoms with E-state index in [2.05, 4.69) is 27.2 Å². The van der Waals surface area contributed by atoms with Crippen molar-refractivity contribution in [1.29, 1.82) is 0 Å². The molecule has 1 aliphatic rings. The van der Waals surface area contributed by atoms with Gasteiger partial charge in [-0.05, 0) is 37.6 Å². The van der Waals surface area contributed by atoms with Crippen molar-refractivity contribution in [2.45, 2.75) is 20.4 Å².